The number of carbonyl (C=O) groups excluding carboxylic acids is 1. The fourth-order valence-electron chi connectivity index (χ4n) is 4.45. The Morgan fingerprint density at radius 3 is 2.30 bits per heavy atom. The van der Waals surface area contributed by atoms with Crippen LogP contribution in [0.15, 0.2) is 54.6 Å². The van der Waals surface area contributed by atoms with Crippen LogP contribution in [0.1, 0.15) is 53.5 Å². The van der Waals surface area contributed by atoms with Crippen LogP contribution in [-0.2, 0) is 0 Å². The Labute approximate surface area is 177 Å². The lowest BCUT2D eigenvalue weighted by Gasteiger charge is -2.22. The van der Waals surface area contributed by atoms with Gasteiger partial charge in [-0.15, -0.1) is 0 Å². The lowest BCUT2D eigenvalue weighted by Crippen LogP contribution is -2.29. The lowest BCUT2D eigenvalue weighted by molar-refractivity contribution is -0.242. The quantitative estimate of drug-likeness (QED) is 0.640. The van der Waals surface area contributed by atoms with Crippen molar-refractivity contribution in [3.8, 4) is 16.9 Å². The van der Waals surface area contributed by atoms with E-state index in [0.29, 0.717) is 18.2 Å². The molecule has 4 rings (SSSR count). The number of fused-ring (bicyclic) bond motifs is 1. The normalized spacial score (nSPS) is 15.0. The second kappa shape index (κ2) is 7.86. The average molecular weight is 400 g/mol. The van der Waals surface area contributed by atoms with Crippen LogP contribution < -0.4 is 15.2 Å². The number of amides is 1. The van der Waals surface area contributed by atoms with Crippen molar-refractivity contribution < 1.29 is 14.6 Å². The molecule has 3 aromatic carbocycles. The van der Waals surface area contributed by atoms with E-state index in [-0.39, 0.29) is 5.92 Å². The number of nitrogens with one attached hydrogen (secondary N) is 1. The first kappa shape index (κ1) is 20.0. The fraction of sp³-hybridized carbons (Fsp3) is 0.269. The van der Waals surface area contributed by atoms with Gasteiger partial charge in [-0.05, 0) is 47.6 Å². The summed E-state index contributed by atoms with van der Waals surface area (Å²) < 4.78 is 6.26. The van der Waals surface area contributed by atoms with Crippen molar-refractivity contribution in [2.24, 2.45) is 0 Å². The summed E-state index contributed by atoms with van der Waals surface area (Å²) in [6.45, 7) is 8.77. The molecule has 0 aliphatic carbocycles. The highest BCUT2D eigenvalue weighted by molar-refractivity contribution is 5.91. The van der Waals surface area contributed by atoms with Crippen LogP contribution in [-0.4, -0.2) is 12.7 Å². The van der Waals surface area contributed by atoms with Crippen molar-refractivity contribution in [3.05, 3.63) is 82.4 Å². The maximum atomic E-state index is 11.4. The second-order valence-corrected chi connectivity index (χ2v) is 8.21. The molecule has 1 aliphatic rings. The number of rotatable bonds is 4. The van der Waals surface area contributed by atoms with Gasteiger partial charge in [0.25, 0.3) is 0 Å². The molecule has 1 aliphatic heterocycles. The minimum atomic E-state index is -1.31. The van der Waals surface area contributed by atoms with Crippen molar-refractivity contribution in [2.45, 2.75) is 39.5 Å². The number of anilines is 1. The Morgan fingerprint density at radius 2 is 1.70 bits per heavy atom. The first-order chi connectivity index (χ1) is 14.4. The second-order valence-electron chi connectivity index (χ2n) is 8.21. The first-order valence-electron chi connectivity index (χ1n) is 10.3. The molecule has 30 heavy (non-hydrogen) atoms. The van der Waals surface area contributed by atoms with Crippen molar-refractivity contribution in [2.75, 3.05) is 11.9 Å². The van der Waals surface area contributed by atoms with Gasteiger partial charge < -0.3 is 20.0 Å². The number of carbonyl (C=O) groups is 1. The average Bonchev–Trinajstić information content (AvgIpc) is 3.17. The molecule has 0 fully saturated rings. The molecule has 4 heteroatoms. The van der Waals surface area contributed by atoms with Crippen LogP contribution in [0.2, 0.25) is 0 Å². The number of carboxylic acid groups (broad SMARTS) is 1. The molecular formula is C26H26NO3-. The van der Waals surface area contributed by atoms with Crippen molar-refractivity contribution >= 4 is 11.8 Å². The molecule has 0 saturated carbocycles. The Hall–Kier alpha value is -3.27. The van der Waals surface area contributed by atoms with Gasteiger partial charge in [-0.3, -0.25) is 0 Å². The van der Waals surface area contributed by atoms with E-state index in [1.54, 1.807) is 0 Å². The third-order valence-electron chi connectivity index (χ3n) is 6.04. The van der Waals surface area contributed by atoms with Gasteiger partial charge in [-0.25, -0.2) is 0 Å². The minimum absolute atomic E-state index is 0.0478. The fourth-order valence-corrected chi connectivity index (χ4v) is 4.45. The number of ether oxygens (including phenoxy) is 1. The minimum Gasteiger partial charge on any atom is -0.530 e. The van der Waals surface area contributed by atoms with Crippen molar-refractivity contribution in [3.63, 3.8) is 0 Å². The smallest absolute Gasteiger partial charge is 0.138 e. The van der Waals surface area contributed by atoms with E-state index < -0.39 is 6.09 Å². The highest BCUT2D eigenvalue weighted by Crippen LogP contribution is 2.50. The van der Waals surface area contributed by atoms with E-state index in [2.05, 4.69) is 43.4 Å². The van der Waals surface area contributed by atoms with E-state index in [9.17, 15) is 9.90 Å². The van der Waals surface area contributed by atoms with Crippen LogP contribution in [0.4, 0.5) is 10.5 Å². The zero-order valence-corrected chi connectivity index (χ0v) is 17.8. The summed E-state index contributed by atoms with van der Waals surface area (Å²) in [5, 5.41) is 13.9. The first-order valence-corrected chi connectivity index (χ1v) is 10.3. The third kappa shape index (κ3) is 3.43. The summed E-state index contributed by atoms with van der Waals surface area (Å²) in [7, 11) is 0. The molecule has 1 amide bonds. The van der Waals surface area contributed by atoms with Gasteiger partial charge in [0, 0.05) is 22.7 Å². The largest absolute Gasteiger partial charge is 0.530 e. The van der Waals surface area contributed by atoms with Crippen LogP contribution in [0, 0.1) is 13.8 Å². The Kier molecular flexibility index (Phi) is 5.25. The molecule has 0 aromatic heterocycles. The van der Waals surface area contributed by atoms with Gasteiger partial charge in [-0.1, -0.05) is 68.4 Å². The summed E-state index contributed by atoms with van der Waals surface area (Å²) >= 11 is 0. The van der Waals surface area contributed by atoms with E-state index in [1.165, 1.54) is 11.1 Å². The Bertz CT molecular complexity index is 1090. The molecule has 1 atom stereocenters. The molecule has 1 N–H and O–H groups in total. The van der Waals surface area contributed by atoms with E-state index in [0.717, 1.165) is 33.6 Å². The number of benzene rings is 3. The zero-order chi connectivity index (χ0) is 21.4. The predicted octanol–water partition coefficient (Wildman–Crippen LogP) is 5.37. The Balaban J connectivity index is 1.91. The molecule has 154 valence electrons. The van der Waals surface area contributed by atoms with Crippen LogP contribution in [0.5, 0.6) is 5.75 Å². The highest BCUT2D eigenvalue weighted by atomic mass is 16.5. The maximum Gasteiger partial charge on any atom is 0.138 e. The summed E-state index contributed by atoms with van der Waals surface area (Å²) in [5.41, 5.74) is 7.76. The molecule has 4 nitrogen and oxygen atoms in total. The SMILES string of the molecule is Cc1c(NC(=O)[O-])c(C)c2c(c1-c1ccccc1)OCC2c1ccc(C(C)C)cc1. The third-order valence-corrected chi connectivity index (χ3v) is 6.04. The molecule has 0 saturated heterocycles. The molecule has 1 heterocycles. The molecular weight excluding hydrogens is 374 g/mol. The van der Waals surface area contributed by atoms with Gasteiger partial charge in [0.05, 0.1) is 6.61 Å². The molecule has 0 spiro atoms. The van der Waals surface area contributed by atoms with Gasteiger partial charge in [-0.2, -0.15) is 0 Å². The topological polar surface area (TPSA) is 61.4 Å². The predicted molar refractivity (Wildman–Crippen MR) is 118 cm³/mol. The maximum absolute atomic E-state index is 11.4. The molecule has 1 unspecified atom stereocenters. The Morgan fingerprint density at radius 1 is 1.03 bits per heavy atom. The van der Waals surface area contributed by atoms with Gasteiger partial charge >= 0.3 is 0 Å². The lowest BCUT2D eigenvalue weighted by atomic mass is 9.84. The molecule has 3 aromatic rings. The van der Waals surface area contributed by atoms with E-state index in [4.69, 9.17) is 4.74 Å². The summed E-state index contributed by atoms with van der Waals surface area (Å²) in [5.74, 6) is 1.36. The van der Waals surface area contributed by atoms with Crippen molar-refractivity contribution in [1.29, 1.82) is 0 Å². The van der Waals surface area contributed by atoms with E-state index in [1.807, 2.05) is 44.2 Å². The number of hydrogen-bond acceptors (Lipinski definition) is 3. The number of hydrogen-bond donors (Lipinski definition) is 1. The van der Waals surface area contributed by atoms with Crippen LogP contribution >= 0.6 is 0 Å². The zero-order valence-electron chi connectivity index (χ0n) is 17.8. The summed E-state index contributed by atoms with van der Waals surface area (Å²) in [4.78, 5) is 11.4. The molecule has 0 radical (unpaired) electrons. The van der Waals surface area contributed by atoms with E-state index >= 15 is 0 Å². The van der Waals surface area contributed by atoms with Gasteiger partial charge in [0.15, 0.2) is 0 Å². The van der Waals surface area contributed by atoms with Crippen molar-refractivity contribution in [1.82, 2.24) is 0 Å². The van der Waals surface area contributed by atoms with Crippen LogP contribution in [0.25, 0.3) is 11.1 Å². The highest BCUT2D eigenvalue weighted by Gasteiger charge is 2.33. The molecule has 0 bridgehead atoms. The van der Waals surface area contributed by atoms with Crippen LogP contribution in [0.3, 0.4) is 0 Å². The summed E-state index contributed by atoms with van der Waals surface area (Å²) in [6, 6.07) is 18.6. The standard InChI is InChI=1S/C26H27NO3/c1-15(2)18-10-12-19(13-11-18)21-14-30-25-22(20-8-6-5-7-9-20)16(3)24(27-26(28)29)17(4)23(21)25/h5-13,15,21,27H,14H2,1-4H3,(H,28,29)/p-1. The van der Waals surface area contributed by atoms with Gasteiger partial charge in [0.1, 0.15) is 11.8 Å². The van der Waals surface area contributed by atoms with Gasteiger partial charge in [0.2, 0.25) is 0 Å². The summed E-state index contributed by atoms with van der Waals surface area (Å²) in [6.07, 6.45) is -1.31. The monoisotopic (exact) mass is 400 g/mol.